The molecule has 1 atom stereocenters. The van der Waals surface area contributed by atoms with Crippen LogP contribution in [0.2, 0.25) is 0 Å². The number of rotatable bonds is 4. The van der Waals surface area contributed by atoms with E-state index in [0.29, 0.717) is 0 Å². The van der Waals surface area contributed by atoms with Crippen LogP contribution in [0.25, 0.3) is 0 Å². The normalized spacial score (nSPS) is 11.6. The van der Waals surface area contributed by atoms with Gasteiger partial charge in [0.05, 0.1) is 12.0 Å². The van der Waals surface area contributed by atoms with Crippen LogP contribution in [0, 0.1) is 10.1 Å². The first-order valence-electron chi connectivity index (χ1n) is 4.48. The van der Waals surface area contributed by atoms with Crippen LogP contribution in [0.3, 0.4) is 0 Å². The molecule has 0 saturated heterocycles. The van der Waals surface area contributed by atoms with E-state index in [1.165, 1.54) is 0 Å². The van der Waals surface area contributed by atoms with E-state index in [0.717, 1.165) is 31.4 Å². The Labute approximate surface area is 95.1 Å². The molecule has 1 unspecified atom stereocenters. The number of methoxy groups -OCH3 is 1. The monoisotopic (exact) mass is 241 g/mol. The van der Waals surface area contributed by atoms with Gasteiger partial charge in [-0.2, -0.15) is 0 Å². The third-order valence-electron chi connectivity index (χ3n) is 2.00. The summed E-state index contributed by atoms with van der Waals surface area (Å²) in [7, 11) is 0.956. The first kappa shape index (κ1) is 12.8. The van der Waals surface area contributed by atoms with Crippen LogP contribution in [0.1, 0.15) is 10.4 Å². The van der Waals surface area contributed by atoms with Gasteiger partial charge in [0.25, 0.3) is 11.9 Å². The average Bonchev–Trinajstić information content (AvgIpc) is 2.36. The van der Waals surface area contributed by atoms with Crippen molar-refractivity contribution in [3.05, 3.63) is 39.9 Å². The van der Waals surface area contributed by atoms with Crippen LogP contribution < -0.4 is 0 Å². The molecule has 0 radical (unpaired) electrons. The highest BCUT2D eigenvalue weighted by molar-refractivity contribution is 6.11. The number of carbonyl (C=O) groups is 2. The molecule has 1 rings (SSSR count). The van der Waals surface area contributed by atoms with Crippen LogP contribution in [0.5, 0.6) is 0 Å². The topological polar surface area (TPSA) is 86.5 Å². The fourth-order valence-electron chi connectivity index (χ4n) is 1.10. The summed E-state index contributed by atoms with van der Waals surface area (Å²) in [6.07, 6.45) is -2.42. The Hall–Kier alpha value is -2.31. The molecule has 0 N–H and O–H groups in total. The van der Waals surface area contributed by atoms with Gasteiger partial charge in [0.15, 0.2) is 0 Å². The Balaban J connectivity index is 2.90. The summed E-state index contributed by atoms with van der Waals surface area (Å²) in [5.41, 5.74) is -0.358. The number of Topliss-reactive ketones (excluding diaryl/α,β-unsaturated/α-hetero) is 1. The van der Waals surface area contributed by atoms with Gasteiger partial charge in [0.1, 0.15) is 0 Å². The predicted octanol–water partition coefficient (Wildman–Crippen LogP) is 1.29. The van der Waals surface area contributed by atoms with Gasteiger partial charge in [-0.25, -0.2) is 9.18 Å². The number of benzene rings is 1. The zero-order valence-electron chi connectivity index (χ0n) is 8.75. The molecule has 0 aromatic heterocycles. The van der Waals surface area contributed by atoms with Crippen molar-refractivity contribution in [1.29, 1.82) is 0 Å². The number of nitrogens with zero attached hydrogens (tertiary/aromatic N) is 1. The maximum absolute atomic E-state index is 13.2. The number of ether oxygens (including phenoxy) is 1. The van der Waals surface area contributed by atoms with E-state index >= 15 is 0 Å². The lowest BCUT2D eigenvalue weighted by molar-refractivity contribution is -0.384. The molecule has 0 amide bonds. The van der Waals surface area contributed by atoms with Crippen molar-refractivity contribution >= 4 is 17.4 Å². The second-order valence-corrected chi connectivity index (χ2v) is 3.05. The Morgan fingerprint density at radius 2 is 1.88 bits per heavy atom. The number of alkyl halides is 1. The molecule has 17 heavy (non-hydrogen) atoms. The van der Waals surface area contributed by atoms with Crippen molar-refractivity contribution in [3.63, 3.8) is 0 Å². The SMILES string of the molecule is COC(=O)C(F)C(=O)c1ccc([N+](=O)[O-])cc1. The fraction of sp³-hybridized carbons (Fsp3) is 0.200. The number of carbonyl (C=O) groups excluding carboxylic acids is 2. The quantitative estimate of drug-likeness (QED) is 0.260. The lowest BCUT2D eigenvalue weighted by Gasteiger charge is -2.04. The number of esters is 1. The zero-order valence-corrected chi connectivity index (χ0v) is 8.75. The molecular formula is C10H8FNO5. The molecule has 0 spiro atoms. The summed E-state index contributed by atoms with van der Waals surface area (Å²) >= 11 is 0. The molecule has 1 aromatic carbocycles. The van der Waals surface area contributed by atoms with E-state index < -0.39 is 22.8 Å². The molecular weight excluding hydrogens is 233 g/mol. The van der Waals surface area contributed by atoms with Gasteiger partial charge in [-0.05, 0) is 12.1 Å². The van der Waals surface area contributed by atoms with Crippen LogP contribution in [0.15, 0.2) is 24.3 Å². The minimum Gasteiger partial charge on any atom is -0.467 e. The Bertz CT molecular complexity index is 456. The summed E-state index contributed by atoms with van der Waals surface area (Å²) in [6, 6.07) is 4.26. The highest BCUT2D eigenvalue weighted by Gasteiger charge is 2.28. The number of hydrogen-bond donors (Lipinski definition) is 0. The van der Waals surface area contributed by atoms with E-state index in [-0.39, 0.29) is 11.3 Å². The van der Waals surface area contributed by atoms with Gasteiger partial charge in [0, 0.05) is 17.7 Å². The zero-order chi connectivity index (χ0) is 13.0. The van der Waals surface area contributed by atoms with Gasteiger partial charge >= 0.3 is 5.97 Å². The highest BCUT2D eigenvalue weighted by Crippen LogP contribution is 2.14. The third kappa shape index (κ3) is 2.83. The second-order valence-electron chi connectivity index (χ2n) is 3.05. The van der Waals surface area contributed by atoms with Gasteiger partial charge in [-0.3, -0.25) is 14.9 Å². The lowest BCUT2D eigenvalue weighted by Crippen LogP contribution is -2.26. The number of hydrogen-bond acceptors (Lipinski definition) is 5. The van der Waals surface area contributed by atoms with Crippen molar-refractivity contribution in [2.75, 3.05) is 7.11 Å². The largest absolute Gasteiger partial charge is 0.467 e. The van der Waals surface area contributed by atoms with E-state index in [9.17, 15) is 24.1 Å². The molecule has 0 saturated carbocycles. The maximum atomic E-state index is 13.2. The van der Waals surface area contributed by atoms with Crippen molar-refractivity contribution in [2.45, 2.75) is 6.17 Å². The fourth-order valence-corrected chi connectivity index (χ4v) is 1.10. The van der Waals surface area contributed by atoms with E-state index in [1.807, 2.05) is 0 Å². The molecule has 6 nitrogen and oxygen atoms in total. The molecule has 0 aliphatic rings. The van der Waals surface area contributed by atoms with Crippen LogP contribution in [-0.4, -0.2) is 30.0 Å². The van der Waals surface area contributed by atoms with E-state index in [4.69, 9.17) is 0 Å². The summed E-state index contributed by atoms with van der Waals surface area (Å²) in [6.45, 7) is 0. The number of nitro benzene ring substituents is 1. The molecule has 0 fully saturated rings. The average molecular weight is 241 g/mol. The van der Waals surface area contributed by atoms with Crippen molar-refractivity contribution in [3.8, 4) is 0 Å². The molecule has 7 heteroatoms. The van der Waals surface area contributed by atoms with Gasteiger partial charge in [-0.1, -0.05) is 0 Å². The van der Waals surface area contributed by atoms with Crippen LogP contribution in [0.4, 0.5) is 10.1 Å². The minimum absolute atomic E-state index is 0.131. The van der Waals surface area contributed by atoms with Crippen molar-refractivity contribution in [1.82, 2.24) is 0 Å². The first-order chi connectivity index (χ1) is 7.97. The summed E-state index contributed by atoms with van der Waals surface area (Å²) < 4.78 is 17.3. The smallest absolute Gasteiger partial charge is 0.348 e. The molecule has 0 heterocycles. The van der Waals surface area contributed by atoms with E-state index in [2.05, 4.69) is 4.74 Å². The third-order valence-corrected chi connectivity index (χ3v) is 2.00. The van der Waals surface area contributed by atoms with Crippen LogP contribution >= 0.6 is 0 Å². The minimum atomic E-state index is -2.42. The Kier molecular flexibility index (Phi) is 3.86. The van der Waals surface area contributed by atoms with E-state index in [1.54, 1.807) is 0 Å². The Morgan fingerprint density at radius 1 is 1.35 bits per heavy atom. The lowest BCUT2D eigenvalue weighted by atomic mass is 10.1. The number of non-ortho nitro benzene ring substituents is 1. The second kappa shape index (κ2) is 5.15. The van der Waals surface area contributed by atoms with Crippen molar-refractivity contribution < 1.29 is 23.6 Å². The Morgan fingerprint density at radius 3 is 2.29 bits per heavy atom. The molecule has 0 aliphatic carbocycles. The number of halogens is 1. The maximum Gasteiger partial charge on any atom is 0.348 e. The first-order valence-corrected chi connectivity index (χ1v) is 4.48. The summed E-state index contributed by atoms with van der Waals surface area (Å²) in [5.74, 6) is -2.39. The molecule has 90 valence electrons. The number of nitro groups is 1. The van der Waals surface area contributed by atoms with Gasteiger partial charge in [0.2, 0.25) is 5.78 Å². The molecule has 0 aliphatic heterocycles. The predicted molar refractivity (Wildman–Crippen MR) is 54.3 cm³/mol. The number of ketones is 1. The molecule has 1 aromatic rings. The standard InChI is InChI=1S/C10H8FNO5/c1-17-10(14)8(11)9(13)6-2-4-7(5-3-6)12(15)16/h2-5,8H,1H3. The van der Waals surface area contributed by atoms with Crippen molar-refractivity contribution in [2.24, 2.45) is 0 Å². The summed E-state index contributed by atoms with van der Waals surface area (Å²) in [4.78, 5) is 31.8. The highest BCUT2D eigenvalue weighted by atomic mass is 19.1. The van der Waals surface area contributed by atoms with Crippen LogP contribution in [-0.2, 0) is 9.53 Å². The van der Waals surface area contributed by atoms with Gasteiger partial charge in [-0.15, -0.1) is 0 Å². The summed E-state index contributed by atoms with van der Waals surface area (Å²) in [5, 5.41) is 10.3. The van der Waals surface area contributed by atoms with Gasteiger partial charge < -0.3 is 4.74 Å². The molecule has 0 bridgehead atoms.